The molecule has 3 heterocycles. The number of furan rings is 1. The molecule has 1 N–H and O–H groups in total. The zero-order valence-electron chi connectivity index (χ0n) is 16.0. The quantitative estimate of drug-likeness (QED) is 0.579. The number of piperazine rings is 1. The summed E-state index contributed by atoms with van der Waals surface area (Å²) in [4.78, 5) is 21.4. The Kier molecular flexibility index (Phi) is 4.62. The monoisotopic (exact) mass is 386 g/mol. The lowest BCUT2D eigenvalue weighted by Crippen LogP contribution is -2.48. The van der Waals surface area contributed by atoms with Gasteiger partial charge in [0.25, 0.3) is 0 Å². The first-order valence-corrected chi connectivity index (χ1v) is 9.86. The van der Waals surface area contributed by atoms with Gasteiger partial charge in [0.05, 0.1) is 6.54 Å². The van der Waals surface area contributed by atoms with Crippen molar-refractivity contribution in [2.75, 3.05) is 42.9 Å². The number of fused-ring (bicyclic) bond motifs is 3. The molecule has 5 rings (SSSR count). The van der Waals surface area contributed by atoms with Crippen molar-refractivity contribution in [1.82, 2.24) is 9.88 Å². The summed E-state index contributed by atoms with van der Waals surface area (Å²) >= 11 is 0. The molecule has 1 fully saturated rings. The zero-order chi connectivity index (χ0) is 19.6. The van der Waals surface area contributed by atoms with Gasteiger partial charge in [0.1, 0.15) is 17.0 Å². The van der Waals surface area contributed by atoms with Crippen LogP contribution in [0, 0.1) is 0 Å². The third-order valence-electron chi connectivity index (χ3n) is 5.37. The topological polar surface area (TPSA) is 61.6 Å². The van der Waals surface area contributed by atoms with Crippen LogP contribution in [0.15, 0.2) is 71.3 Å². The molecule has 146 valence electrons. The molecule has 4 aromatic rings. The van der Waals surface area contributed by atoms with Crippen LogP contribution >= 0.6 is 0 Å². The van der Waals surface area contributed by atoms with Gasteiger partial charge in [-0.1, -0.05) is 24.3 Å². The van der Waals surface area contributed by atoms with Crippen molar-refractivity contribution in [2.45, 2.75) is 0 Å². The Bertz CT molecular complexity index is 1150. The van der Waals surface area contributed by atoms with Crippen molar-refractivity contribution >= 4 is 39.4 Å². The molecule has 29 heavy (non-hydrogen) atoms. The minimum Gasteiger partial charge on any atom is -0.456 e. The number of pyridine rings is 1. The zero-order valence-corrected chi connectivity index (χ0v) is 16.0. The predicted octanol–water partition coefficient (Wildman–Crippen LogP) is 3.74. The van der Waals surface area contributed by atoms with Gasteiger partial charge in [-0.2, -0.15) is 0 Å². The molecule has 1 aliphatic rings. The lowest BCUT2D eigenvalue weighted by atomic mass is 10.1. The summed E-state index contributed by atoms with van der Waals surface area (Å²) in [5.41, 5.74) is 2.48. The first-order valence-electron chi connectivity index (χ1n) is 9.86. The molecule has 0 bridgehead atoms. The second-order valence-corrected chi connectivity index (χ2v) is 7.31. The summed E-state index contributed by atoms with van der Waals surface area (Å²) < 4.78 is 5.85. The number of anilines is 2. The third kappa shape index (κ3) is 3.67. The van der Waals surface area contributed by atoms with Gasteiger partial charge in [0.15, 0.2) is 0 Å². The van der Waals surface area contributed by atoms with Crippen molar-refractivity contribution < 1.29 is 9.21 Å². The van der Waals surface area contributed by atoms with E-state index < -0.39 is 0 Å². The molecule has 6 nitrogen and oxygen atoms in total. The van der Waals surface area contributed by atoms with Crippen LogP contribution in [0.1, 0.15) is 0 Å². The number of carbonyl (C=O) groups is 1. The lowest BCUT2D eigenvalue weighted by molar-refractivity contribution is -0.117. The highest BCUT2D eigenvalue weighted by Crippen LogP contribution is 2.30. The van der Waals surface area contributed by atoms with Crippen LogP contribution in [0.2, 0.25) is 0 Å². The van der Waals surface area contributed by atoms with E-state index in [1.165, 1.54) is 0 Å². The maximum atomic E-state index is 12.6. The van der Waals surface area contributed by atoms with Crippen molar-refractivity contribution in [3.63, 3.8) is 0 Å². The van der Waals surface area contributed by atoms with Gasteiger partial charge in [-0.05, 0) is 36.4 Å². The second-order valence-electron chi connectivity index (χ2n) is 7.31. The van der Waals surface area contributed by atoms with Gasteiger partial charge in [0.2, 0.25) is 5.91 Å². The highest BCUT2D eigenvalue weighted by atomic mass is 16.3. The summed E-state index contributed by atoms with van der Waals surface area (Å²) in [6.07, 6.45) is 1.81. The molecular formula is C23H22N4O2. The summed E-state index contributed by atoms with van der Waals surface area (Å²) in [5, 5.41) is 5.11. The van der Waals surface area contributed by atoms with E-state index in [9.17, 15) is 4.79 Å². The highest BCUT2D eigenvalue weighted by Gasteiger charge is 2.20. The number of carbonyl (C=O) groups excluding carboxylic acids is 1. The number of para-hydroxylation sites is 1. The van der Waals surface area contributed by atoms with E-state index in [1.807, 2.05) is 66.9 Å². The minimum absolute atomic E-state index is 0.00318. The fourth-order valence-electron chi connectivity index (χ4n) is 3.88. The van der Waals surface area contributed by atoms with Crippen molar-refractivity contribution in [3.8, 4) is 0 Å². The molecule has 2 aromatic heterocycles. The standard InChI is InChI=1S/C23H22N4O2/c28-23(16-26-11-13-27(14-12-26)22-7-3-4-10-24-22)25-17-8-9-21-19(15-17)18-5-1-2-6-20(18)29-21/h1-10,15H,11-14,16H2,(H,25,28). The first-order chi connectivity index (χ1) is 14.3. The summed E-state index contributed by atoms with van der Waals surface area (Å²) in [6, 6.07) is 19.7. The fourth-order valence-corrected chi connectivity index (χ4v) is 3.88. The van der Waals surface area contributed by atoms with E-state index in [-0.39, 0.29) is 5.91 Å². The molecule has 1 aliphatic heterocycles. The number of hydrogen-bond acceptors (Lipinski definition) is 5. The normalized spacial score (nSPS) is 15.1. The van der Waals surface area contributed by atoms with Crippen molar-refractivity contribution in [3.05, 3.63) is 66.9 Å². The number of amides is 1. The van der Waals surface area contributed by atoms with E-state index in [0.717, 1.165) is 59.6 Å². The van der Waals surface area contributed by atoms with Gasteiger partial charge in [-0.25, -0.2) is 4.98 Å². The Labute approximate surface area is 168 Å². The van der Waals surface area contributed by atoms with E-state index in [0.29, 0.717) is 6.54 Å². The largest absolute Gasteiger partial charge is 0.456 e. The number of hydrogen-bond donors (Lipinski definition) is 1. The molecule has 0 radical (unpaired) electrons. The molecule has 1 amide bonds. The van der Waals surface area contributed by atoms with E-state index >= 15 is 0 Å². The number of nitrogens with zero attached hydrogens (tertiary/aromatic N) is 3. The number of nitrogens with one attached hydrogen (secondary N) is 1. The first kappa shape index (κ1) is 17.7. The van der Waals surface area contributed by atoms with Gasteiger partial charge < -0.3 is 14.6 Å². The predicted molar refractivity (Wildman–Crippen MR) is 115 cm³/mol. The fraction of sp³-hybridized carbons (Fsp3) is 0.217. The smallest absolute Gasteiger partial charge is 0.238 e. The minimum atomic E-state index is 0.00318. The van der Waals surface area contributed by atoms with Crippen LogP contribution in [-0.2, 0) is 4.79 Å². The van der Waals surface area contributed by atoms with E-state index in [4.69, 9.17) is 4.42 Å². The Balaban J connectivity index is 1.22. The van der Waals surface area contributed by atoms with Crippen LogP contribution in [0.3, 0.4) is 0 Å². The number of benzene rings is 2. The Morgan fingerprint density at radius 3 is 2.55 bits per heavy atom. The van der Waals surface area contributed by atoms with Crippen molar-refractivity contribution in [1.29, 1.82) is 0 Å². The second kappa shape index (κ2) is 7.56. The van der Waals surface area contributed by atoms with E-state index in [2.05, 4.69) is 20.1 Å². The van der Waals surface area contributed by atoms with Crippen LogP contribution in [-0.4, -0.2) is 48.5 Å². The molecule has 0 unspecified atom stereocenters. The molecule has 0 atom stereocenters. The molecular weight excluding hydrogens is 364 g/mol. The van der Waals surface area contributed by atoms with E-state index in [1.54, 1.807) is 0 Å². The maximum Gasteiger partial charge on any atom is 0.238 e. The van der Waals surface area contributed by atoms with Gasteiger partial charge >= 0.3 is 0 Å². The van der Waals surface area contributed by atoms with Gasteiger partial charge in [-0.15, -0.1) is 0 Å². The maximum absolute atomic E-state index is 12.6. The summed E-state index contributed by atoms with van der Waals surface area (Å²) in [6.45, 7) is 3.82. The average Bonchev–Trinajstić information content (AvgIpc) is 3.13. The molecule has 6 heteroatoms. The van der Waals surface area contributed by atoms with Gasteiger partial charge in [0, 0.05) is 48.8 Å². The molecule has 0 aliphatic carbocycles. The average molecular weight is 386 g/mol. The number of rotatable bonds is 4. The molecule has 0 saturated carbocycles. The molecule has 2 aromatic carbocycles. The summed E-state index contributed by atoms with van der Waals surface area (Å²) in [7, 11) is 0. The Hall–Kier alpha value is -3.38. The van der Waals surface area contributed by atoms with Crippen LogP contribution in [0.25, 0.3) is 21.9 Å². The molecule has 1 saturated heterocycles. The number of aromatic nitrogens is 1. The molecule has 0 spiro atoms. The van der Waals surface area contributed by atoms with Crippen LogP contribution < -0.4 is 10.2 Å². The highest BCUT2D eigenvalue weighted by molar-refractivity contribution is 6.07. The third-order valence-corrected chi connectivity index (χ3v) is 5.37. The SMILES string of the molecule is O=C(CN1CCN(c2ccccn2)CC1)Nc1ccc2oc3ccccc3c2c1. The van der Waals surface area contributed by atoms with Crippen LogP contribution in [0.5, 0.6) is 0 Å². The van der Waals surface area contributed by atoms with Crippen molar-refractivity contribution in [2.24, 2.45) is 0 Å². The summed E-state index contributed by atoms with van der Waals surface area (Å²) in [5.74, 6) is 1.00. The Morgan fingerprint density at radius 2 is 1.72 bits per heavy atom. The van der Waals surface area contributed by atoms with Crippen LogP contribution in [0.4, 0.5) is 11.5 Å². The lowest BCUT2D eigenvalue weighted by Gasteiger charge is -2.34. The Morgan fingerprint density at radius 1 is 0.931 bits per heavy atom. The van der Waals surface area contributed by atoms with Gasteiger partial charge in [-0.3, -0.25) is 9.69 Å².